The van der Waals surface area contributed by atoms with Crippen molar-refractivity contribution in [3.63, 3.8) is 0 Å². The monoisotopic (exact) mass is 478 g/mol. The molecule has 1 N–H and O–H groups in total. The highest BCUT2D eigenvalue weighted by Crippen LogP contribution is 2.25. The average Bonchev–Trinajstić information content (AvgIpc) is 3.37. The molecule has 0 radical (unpaired) electrons. The first kappa shape index (κ1) is 24.7. The van der Waals surface area contributed by atoms with Crippen molar-refractivity contribution in [1.82, 2.24) is 19.8 Å². The molecule has 3 aromatic rings. The van der Waals surface area contributed by atoms with E-state index in [1.165, 1.54) is 30.5 Å². The number of nitrogens with one attached hydrogen (secondary N) is 1. The number of rotatable bonds is 10. The maximum Gasteiger partial charge on any atom is 0.259 e. The molecule has 0 aliphatic carbocycles. The van der Waals surface area contributed by atoms with Crippen LogP contribution in [0.5, 0.6) is 11.6 Å². The highest BCUT2D eigenvalue weighted by molar-refractivity contribution is 5.87. The van der Waals surface area contributed by atoms with E-state index in [1.807, 2.05) is 38.1 Å². The second-order valence-electron chi connectivity index (χ2n) is 9.21. The van der Waals surface area contributed by atoms with Gasteiger partial charge in [-0.2, -0.15) is 0 Å². The molecule has 0 atom stereocenters. The van der Waals surface area contributed by atoms with Crippen LogP contribution in [0.25, 0.3) is 22.2 Å². The van der Waals surface area contributed by atoms with Gasteiger partial charge in [0.05, 0.1) is 30.5 Å². The van der Waals surface area contributed by atoms with Crippen LogP contribution in [0.3, 0.4) is 0 Å². The number of methoxy groups -OCH3 is 1. The van der Waals surface area contributed by atoms with Crippen LogP contribution in [0.2, 0.25) is 0 Å². The van der Waals surface area contributed by atoms with Crippen LogP contribution in [0, 0.1) is 0 Å². The minimum absolute atomic E-state index is 0.0300. The van der Waals surface area contributed by atoms with Crippen LogP contribution in [0.15, 0.2) is 47.3 Å². The Morgan fingerprint density at radius 1 is 1.14 bits per heavy atom. The molecule has 1 aliphatic heterocycles. The van der Waals surface area contributed by atoms with Crippen molar-refractivity contribution in [2.75, 3.05) is 33.4 Å². The molecular formula is C27H34N4O4. The summed E-state index contributed by atoms with van der Waals surface area (Å²) in [6, 6.07) is 12.8. The summed E-state index contributed by atoms with van der Waals surface area (Å²) >= 11 is 0. The number of benzene rings is 1. The zero-order valence-electron chi connectivity index (χ0n) is 20.8. The Hall–Kier alpha value is -3.39. The van der Waals surface area contributed by atoms with Gasteiger partial charge in [-0.3, -0.25) is 14.2 Å². The predicted octanol–water partition coefficient (Wildman–Crippen LogP) is 3.46. The number of aromatic nitrogens is 2. The van der Waals surface area contributed by atoms with Crippen LogP contribution in [-0.2, 0) is 11.3 Å². The summed E-state index contributed by atoms with van der Waals surface area (Å²) in [6.45, 7) is 7.63. The van der Waals surface area contributed by atoms with E-state index in [4.69, 9.17) is 9.47 Å². The van der Waals surface area contributed by atoms with Crippen molar-refractivity contribution in [3.8, 4) is 23.0 Å². The predicted molar refractivity (Wildman–Crippen MR) is 137 cm³/mol. The summed E-state index contributed by atoms with van der Waals surface area (Å²) in [7, 11) is 1.54. The molecule has 1 aromatic carbocycles. The van der Waals surface area contributed by atoms with Gasteiger partial charge in [-0.1, -0.05) is 12.1 Å². The second kappa shape index (κ2) is 11.4. The first-order valence-electron chi connectivity index (χ1n) is 12.3. The fourth-order valence-electron chi connectivity index (χ4n) is 4.45. The minimum Gasteiger partial charge on any atom is -0.494 e. The van der Waals surface area contributed by atoms with Crippen molar-refractivity contribution in [2.24, 2.45) is 0 Å². The van der Waals surface area contributed by atoms with E-state index in [-0.39, 0.29) is 24.1 Å². The van der Waals surface area contributed by atoms with E-state index in [1.54, 1.807) is 25.3 Å². The van der Waals surface area contributed by atoms with E-state index in [0.717, 1.165) is 18.4 Å². The largest absolute Gasteiger partial charge is 0.494 e. The summed E-state index contributed by atoms with van der Waals surface area (Å²) in [4.78, 5) is 33.2. The lowest BCUT2D eigenvalue weighted by molar-refractivity contribution is -0.122. The lowest BCUT2D eigenvalue weighted by atomic mass is 10.1. The standard InChI is InChI=1S/C27H34N4O4/c1-19(2)28-25(32)18-31-24(23-8-6-9-26(29-23)34-3)16-20-10-11-21(17-22(20)27(31)33)35-15-7-14-30-12-4-5-13-30/h6,8-11,16-17,19H,4-5,7,12-15,18H2,1-3H3,(H,28,32). The molecule has 2 aromatic heterocycles. The molecule has 4 rings (SSSR count). The lowest BCUT2D eigenvalue weighted by Gasteiger charge is -2.17. The summed E-state index contributed by atoms with van der Waals surface area (Å²) in [5.74, 6) is 0.854. The summed E-state index contributed by atoms with van der Waals surface area (Å²) in [6.07, 6.45) is 3.50. The Morgan fingerprint density at radius 2 is 1.94 bits per heavy atom. The van der Waals surface area contributed by atoms with E-state index in [9.17, 15) is 9.59 Å². The maximum absolute atomic E-state index is 13.6. The van der Waals surface area contributed by atoms with Gasteiger partial charge in [0.15, 0.2) is 0 Å². The Kier molecular flexibility index (Phi) is 8.02. The molecule has 0 bridgehead atoms. The van der Waals surface area contributed by atoms with Gasteiger partial charge in [-0.05, 0) is 75.9 Å². The molecule has 0 unspecified atom stereocenters. The molecule has 8 heteroatoms. The number of carbonyl (C=O) groups excluding carboxylic acids is 1. The normalized spacial score (nSPS) is 13.9. The van der Waals surface area contributed by atoms with Gasteiger partial charge in [-0.15, -0.1) is 0 Å². The van der Waals surface area contributed by atoms with Gasteiger partial charge in [0.2, 0.25) is 11.8 Å². The third-order valence-electron chi connectivity index (χ3n) is 6.12. The molecular weight excluding hydrogens is 444 g/mol. The topological polar surface area (TPSA) is 85.7 Å². The number of hydrogen-bond donors (Lipinski definition) is 1. The van der Waals surface area contributed by atoms with Crippen LogP contribution < -0.4 is 20.3 Å². The van der Waals surface area contributed by atoms with Crippen molar-refractivity contribution in [2.45, 2.75) is 45.7 Å². The summed E-state index contributed by atoms with van der Waals surface area (Å²) in [5.41, 5.74) is 0.853. The number of amides is 1. The van der Waals surface area contributed by atoms with Crippen LogP contribution >= 0.6 is 0 Å². The molecule has 1 amide bonds. The summed E-state index contributed by atoms with van der Waals surface area (Å²) in [5, 5.41) is 4.13. The van der Waals surface area contributed by atoms with Gasteiger partial charge in [0.25, 0.3) is 5.56 Å². The van der Waals surface area contributed by atoms with Gasteiger partial charge < -0.3 is 19.7 Å². The maximum atomic E-state index is 13.6. The smallest absolute Gasteiger partial charge is 0.259 e. The number of ether oxygens (including phenoxy) is 2. The Morgan fingerprint density at radius 3 is 2.69 bits per heavy atom. The molecule has 0 saturated carbocycles. The van der Waals surface area contributed by atoms with Crippen molar-refractivity contribution >= 4 is 16.7 Å². The fraction of sp³-hybridized carbons (Fsp3) is 0.444. The van der Waals surface area contributed by atoms with Crippen LogP contribution in [0.4, 0.5) is 0 Å². The van der Waals surface area contributed by atoms with Gasteiger partial charge in [0.1, 0.15) is 12.3 Å². The molecule has 8 nitrogen and oxygen atoms in total. The second-order valence-corrected chi connectivity index (χ2v) is 9.21. The number of likely N-dealkylation sites (tertiary alicyclic amines) is 1. The Balaban J connectivity index is 1.64. The molecule has 3 heterocycles. The third kappa shape index (κ3) is 6.19. The SMILES string of the molecule is COc1cccc(-c2cc3ccc(OCCCN4CCCC4)cc3c(=O)n2CC(=O)NC(C)C)n1. The zero-order chi connectivity index (χ0) is 24.8. The number of pyridine rings is 2. The number of fused-ring (bicyclic) bond motifs is 1. The first-order valence-corrected chi connectivity index (χ1v) is 12.3. The number of hydrogen-bond acceptors (Lipinski definition) is 6. The average molecular weight is 479 g/mol. The van der Waals surface area contributed by atoms with Crippen molar-refractivity contribution < 1.29 is 14.3 Å². The van der Waals surface area contributed by atoms with Crippen molar-refractivity contribution in [1.29, 1.82) is 0 Å². The zero-order valence-corrected chi connectivity index (χ0v) is 20.8. The summed E-state index contributed by atoms with van der Waals surface area (Å²) < 4.78 is 12.7. The Bertz CT molecular complexity index is 1230. The fourth-order valence-corrected chi connectivity index (χ4v) is 4.45. The molecule has 186 valence electrons. The highest BCUT2D eigenvalue weighted by Gasteiger charge is 2.17. The molecule has 0 spiro atoms. The third-order valence-corrected chi connectivity index (χ3v) is 6.12. The molecule has 1 saturated heterocycles. The quantitative estimate of drug-likeness (QED) is 0.449. The van der Waals surface area contributed by atoms with E-state index < -0.39 is 0 Å². The highest BCUT2D eigenvalue weighted by atomic mass is 16.5. The number of nitrogens with zero attached hydrogens (tertiary/aromatic N) is 3. The lowest BCUT2D eigenvalue weighted by Crippen LogP contribution is -2.36. The van der Waals surface area contributed by atoms with E-state index in [0.29, 0.717) is 35.0 Å². The minimum atomic E-state index is -0.261. The Labute approximate surface area is 205 Å². The van der Waals surface area contributed by atoms with E-state index in [2.05, 4.69) is 15.2 Å². The van der Waals surface area contributed by atoms with E-state index >= 15 is 0 Å². The number of carbonyl (C=O) groups is 1. The van der Waals surface area contributed by atoms with Crippen LogP contribution in [0.1, 0.15) is 33.1 Å². The first-order chi connectivity index (χ1) is 16.9. The van der Waals surface area contributed by atoms with Gasteiger partial charge >= 0.3 is 0 Å². The van der Waals surface area contributed by atoms with Crippen LogP contribution in [-0.4, -0.2) is 59.8 Å². The molecule has 1 aliphatic rings. The van der Waals surface area contributed by atoms with Gasteiger partial charge in [0, 0.05) is 18.7 Å². The molecule has 35 heavy (non-hydrogen) atoms. The van der Waals surface area contributed by atoms with Gasteiger partial charge in [-0.25, -0.2) is 4.98 Å². The molecule has 1 fully saturated rings. The van der Waals surface area contributed by atoms with Crippen molar-refractivity contribution in [3.05, 3.63) is 52.8 Å².